The summed E-state index contributed by atoms with van der Waals surface area (Å²) in [5, 5.41) is 14.1. The third-order valence-electron chi connectivity index (χ3n) is 3.54. The molecular weight excluding hydrogens is 188 g/mol. The van der Waals surface area contributed by atoms with Crippen molar-refractivity contribution in [1.29, 1.82) is 0 Å². The molecule has 2 atom stereocenters. The normalized spacial score (nSPS) is 25.2. The zero-order valence-corrected chi connectivity index (χ0v) is 9.77. The van der Waals surface area contributed by atoms with Gasteiger partial charge in [-0.05, 0) is 36.2 Å². The first-order chi connectivity index (χ1) is 6.99. The van der Waals surface area contributed by atoms with Crippen molar-refractivity contribution in [3.8, 4) is 0 Å². The van der Waals surface area contributed by atoms with Crippen LogP contribution in [0.25, 0.3) is 0 Å². The molecule has 15 heavy (non-hydrogen) atoms. The number of hydrogen-bond acceptors (Lipinski definition) is 2. The van der Waals surface area contributed by atoms with Crippen LogP contribution in [-0.2, 0) is 13.5 Å². The van der Waals surface area contributed by atoms with Crippen molar-refractivity contribution in [1.82, 2.24) is 9.78 Å². The second-order valence-corrected chi connectivity index (χ2v) is 5.43. The molecule has 1 aliphatic rings. The van der Waals surface area contributed by atoms with Gasteiger partial charge in [-0.1, -0.05) is 13.8 Å². The molecule has 0 radical (unpaired) electrons. The fourth-order valence-electron chi connectivity index (χ4n) is 2.28. The van der Waals surface area contributed by atoms with Crippen molar-refractivity contribution >= 4 is 0 Å². The molecule has 0 bridgehead atoms. The number of nitrogens with zero attached hydrogens (tertiary/aromatic N) is 2. The predicted octanol–water partition coefficient (Wildman–Crippen LogP) is 1.76. The van der Waals surface area contributed by atoms with Gasteiger partial charge in [-0.3, -0.25) is 4.68 Å². The molecule has 3 nitrogen and oxygen atoms in total. The quantitative estimate of drug-likeness (QED) is 0.818. The summed E-state index contributed by atoms with van der Waals surface area (Å²) in [7, 11) is 1.92. The van der Waals surface area contributed by atoms with Crippen LogP contribution < -0.4 is 0 Å². The number of hydrogen-bond donors (Lipinski definition) is 1. The predicted molar refractivity (Wildman–Crippen MR) is 59.4 cm³/mol. The molecule has 0 spiro atoms. The van der Waals surface area contributed by atoms with Crippen molar-refractivity contribution in [3.63, 3.8) is 0 Å². The molecule has 0 aromatic carbocycles. The van der Waals surface area contributed by atoms with Crippen LogP contribution in [-0.4, -0.2) is 21.0 Å². The van der Waals surface area contributed by atoms with Gasteiger partial charge in [0.15, 0.2) is 0 Å². The van der Waals surface area contributed by atoms with Crippen LogP contribution in [0.15, 0.2) is 12.4 Å². The van der Waals surface area contributed by atoms with Gasteiger partial charge in [0, 0.05) is 13.2 Å². The van der Waals surface area contributed by atoms with Crippen LogP contribution in [0.2, 0.25) is 0 Å². The summed E-state index contributed by atoms with van der Waals surface area (Å²) in [5.74, 6) is 0.508. The standard InChI is InChI=1S/C12H20N2O/c1-12(2)6-10(12)11(15)5-4-9-7-13-14(3)8-9/h7-8,10-11,15H,4-6H2,1-3H3. The number of aliphatic hydroxyl groups is 1. The smallest absolute Gasteiger partial charge is 0.0576 e. The molecule has 1 aromatic heterocycles. The van der Waals surface area contributed by atoms with Crippen LogP contribution in [0, 0.1) is 11.3 Å². The number of aliphatic hydroxyl groups excluding tert-OH is 1. The molecule has 0 amide bonds. The van der Waals surface area contributed by atoms with Gasteiger partial charge >= 0.3 is 0 Å². The van der Waals surface area contributed by atoms with E-state index in [1.807, 2.05) is 24.1 Å². The van der Waals surface area contributed by atoms with E-state index in [-0.39, 0.29) is 6.10 Å². The molecule has 1 fully saturated rings. The summed E-state index contributed by atoms with van der Waals surface area (Å²) in [6.07, 6.45) is 6.72. The van der Waals surface area contributed by atoms with E-state index >= 15 is 0 Å². The number of rotatable bonds is 4. The Kier molecular flexibility index (Phi) is 2.59. The van der Waals surface area contributed by atoms with Gasteiger partial charge in [0.25, 0.3) is 0 Å². The highest BCUT2D eigenvalue weighted by molar-refractivity contribution is 5.05. The van der Waals surface area contributed by atoms with Crippen molar-refractivity contribution in [2.24, 2.45) is 18.4 Å². The van der Waals surface area contributed by atoms with Gasteiger partial charge < -0.3 is 5.11 Å². The van der Waals surface area contributed by atoms with E-state index in [9.17, 15) is 5.11 Å². The zero-order valence-electron chi connectivity index (χ0n) is 9.77. The molecule has 2 rings (SSSR count). The lowest BCUT2D eigenvalue weighted by molar-refractivity contribution is 0.127. The highest BCUT2D eigenvalue weighted by Gasteiger charge is 2.49. The molecule has 1 aromatic rings. The second kappa shape index (κ2) is 3.63. The molecule has 1 aliphatic carbocycles. The molecule has 84 valence electrons. The Morgan fingerprint density at radius 3 is 2.80 bits per heavy atom. The topological polar surface area (TPSA) is 38.0 Å². The Bertz CT molecular complexity index is 343. The van der Waals surface area contributed by atoms with E-state index < -0.39 is 0 Å². The molecular formula is C12H20N2O. The van der Waals surface area contributed by atoms with E-state index in [0.29, 0.717) is 11.3 Å². The maximum atomic E-state index is 9.97. The van der Waals surface area contributed by atoms with Crippen molar-refractivity contribution in [3.05, 3.63) is 18.0 Å². The van der Waals surface area contributed by atoms with E-state index in [1.54, 1.807) is 0 Å². The monoisotopic (exact) mass is 208 g/mol. The lowest BCUT2D eigenvalue weighted by Crippen LogP contribution is -2.13. The molecule has 2 unspecified atom stereocenters. The summed E-state index contributed by atoms with van der Waals surface area (Å²) in [6, 6.07) is 0. The highest BCUT2D eigenvalue weighted by atomic mass is 16.3. The molecule has 3 heteroatoms. The lowest BCUT2D eigenvalue weighted by atomic mass is 10.0. The van der Waals surface area contributed by atoms with Crippen LogP contribution in [0.5, 0.6) is 0 Å². The van der Waals surface area contributed by atoms with Gasteiger partial charge in [-0.2, -0.15) is 5.10 Å². The third kappa shape index (κ3) is 2.40. The number of aromatic nitrogens is 2. The van der Waals surface area contributed by atoms with E-state index in [0.717, 1.165) is 12.8 Å². The SMILES string of the molecule is Cn1cc(CCC(O)C2CC2(C)C)cn1. The summed E-state index contributed by atoms with van der Waals surface area (Å²) in [4.78, 5) is 0. The number of aryl methyl sites for hydroxylation is 2. The maximum Gasteiger partial charge on any atom is 0.0576 e. The van der Waals surface area contributed by atoms with Gasteiger partial charge in [-0.25, -0.2) is 0 Å². The van der Waals surface area contributed by atoms with Gasteiger partial charge in [0.1, 0.15) is 0 Å². The Labute approximate surface area is 91.1 Å². The van der Waals surface area contributed by atoms with E-state index in [4.69, 9.17) is 0 Å². The Hall–Kier alpha value is -0.830. The van der Waals surface area contributed by atoms with Gasteiger partial charge in [-0.15, -0.1) is 0 Å². The largest absolute Gasteiger partial charge is 0.393 e. The summed E-state index contributed by atoms with van der Waals surface area (Å²) in [5.41, 5.74) is 1.59. The second-order valence-electron chi connectivity index (χ2n) is 5.43. The third-order valence-corrected chi connectivity index (χ3v) is 3.54. The Morgan fingerprint density at radius 1 is 1.67 bits per heavy atom. The maximum absolute atomic E-state index is 9.97. The van der Waals surface area contributed by atoms with Gasteiger partial charge in [0.2, 0.25) is 0 Å². The fourth-order valence-corrected chi connectivity index (χ4v) is 2.28. The average Bonchev–Trinajstić information content (AvgIpc) is 2.59. The minimum atomic E-state index is -0.139. The van der Waals surface area contributed by atoms with Crippen LogP contribution in [0.1, 0.15) is 32.3 Å². The van der Waals surface area contributed by atoms with Gasteiger partial charge in [0.05, 0.1) is 12.3 Å². The first kappa shape index (κ1) is 10.7. The van der Waals surface area contributed by atoms with Crippen LogP contribution in [0.4, 0.5) is 0 Å². The first-order valence-corrected chi connectivity index (χ1v) is 5.64. The van der Waals surface area contributed by atoms with Crippen LogP contribution in [0.3, 0.4) is 0 Å². The molecule has 1 heterocycles. The Morgan fingerprint density at radius 2 is 2.33 bits per heavy atom. The molecule has 0 aliphatic heterocycles. The van der Waals surface area contributed by atoms with Crippen molar-refractivity contribution < 1.29 is 5.11 Å². The molecule has 0 saturated heterocycles. The van der Waals surface area contributed by atoms with E-state index in [1.165, 1.54) is 12.0 Å². The summed E-state index contributed by atoms with van der Waals surface area (Å²) >= 11 is 0. The van der Waals surface area contributed by atoms with E-state index in [2.05, 4.69) is 18.9 Å². The molecule has 1 saturated carbocycles. The fraction of sp³-hybridized carbons (Fsp3) is 0.750. The summed E-state index contributed by atoms with van der Waals surface area (Å²) in [6.45, 7) is 4.45. The van der Waals surface area contributed by atoms with Crippen molar-refractivity contribution in [2.45, 2.75) is 39.2 Å². The lowest BCUT2D eigenvalue weighted by Gasteiger charge is -2.11. The average molecular weight is 208 g/mol. The molecule has 1 N–H and O–H groups in total. The highest BCUT2D eigenvalue weighted by Crippen LogP contribution is 2.54. The summed E-state index contributed by atoms with van der Waals surface area (Å²) < 4.78 is 1.81. The minimum absolute atomic E-state index is 0.139. The zero-order chi connectivity index (χ0) is 11.1. The van der Waals surface area contributed by atoms with Crippen molar-refractivity contribution in [2.75, 3.05) is 0 Å². The first-order valence-electron chi connectivity index (χ1n) is 5.64. The minimum Gasteiger partial charge on any atom is -0.393 e. The van der Waals surface area contributed by atoms with Crippen LogP contribution >= 0.6 is 0 Å². The Balaban J connectivity index is 1.79.